The number of benzene rings is 1. The van der Waals surface area contributed by atoms with Crippen LogP contribution in [0.5, 0.6) is 0 Å². The Bertz CT molecular complexity index is 563. The normalized spacial score (nSPS) is 14.4. The van der Waals surface area contributed by atoms with Gasteiger partial charge in [-0.1, -0.05) is 23.7 Å². The molecule has 1 saturated carbocycles. The third kappa shape index (κ3) is 2.76. The van der Waals surface area contributed by atoms with Crippen LogP contribution in [-0.4, -0.2) is 32.3 Å². The zero-order valence-corrected chi connectivity index (χ0v) is 11.0. The number of hydrogen-bond donors (Lipinski definition) is 1. The van der Waals surface area contributed by atoms with Crippen LogP contribution in [0.4, 0.5) is 0 Å². The summed E-state index contributed by atoms with van der Waals surface area (Å²) in [6.45, 7) is 0.577. The van der Waals surface area contributed by atoms with E-state index < -0.39 is 0 Å². The molecule has 0 saturated heterocycles. The van der Waals surface area contributed by atoms with Gasteiger partial charge in [-0.2, -0.15) is 15.4 Å². The number of hydrogen-bond acceptors (Lipinski definition) is 3. The number of H-pyrrole nitrogens is 1. The van der Waals surface area contributed by atoms with Crippen LogP contribution in [0, 0.1) is 0 Å². The molecule has 6 heteroatoms. The van der Waals surface area contributed by atoms with E-state index in [-0.39, 0.29) is 5.91 Å². The molecular formula is C13H13ClN4O. The fourth-order valence-corrected chi connectivity index (χ4v) is 2.12. The Labute approximate surface area is 115 Å². The molecule has 2 aromatic rings. The highest BCUT2D eigenvalue weighted by atomic mass is 35.5. The van der Waals surface area contributed by atoms with Crippen molar-refractivity contribution in [1.82, 2.24) is 20.3 Å². The Morgan fingerprint density at radius 3 is 2.68 bits per heavy atom. The van der Waals surface area contributed by atoms with Gasteiger partial charge in [-0.15, -0.1) is 0 Å². The van der Waals surface area contributed by atoms with Crippen molar-refractivity contribution in [3.05, 3.63) is 46.7 Å². The first-order chi connectivity index (χ1) is 9.24. The van der Waals surface area contributed by atoms with Gasteiger partial charge in [0.1, 0.15) is 0 Å². The summed E-state index contributed by atoms with van der Waals surface area (Å²) in [6, 6.07) is 7.87. The summed E-state index contributed by atoms with van der Waals surface area (Å²) in [5, 5.41) is 10.7. The van der Waals surface area contributed by atoms with Gasteiger partial charge in [-0.3, -0.25) is 4.79 Å². The van der Waals surface area contributed by atoms with Crippen molar-refractivity contribution in [2.45, 2.75) is 25.4 Å². The van der Waals surface area contributed by atoms with Gasteiger partial charge in [0.25, 0.3) is 5.91 Å². The largest absolute Gasteiger partial charge is 0.330 e. The summed E-state index contributed by atoms with van der Waals surface area (Å²) >= 11 is 5.86. The maximum Gasteiger partial charge on any atom is 0.276 e. The minimum Gasteiger partial charge on any atom is -0.330 e. The molecule has 0 bridgehead atoms. The third-order valence-corrected chi connectivity index (χ3v) is 3.40. The van der Waals surface area contributed by atoms with Crippen LogP contribution in [0.3, 0.4) is 0 Å². The van der Waals surface area contributed by atoms with Gasteiger partial charge in [0.15, 0.2) is 5.69 Å². The second kappa shape index (κ2) is 5.01. The molecule has 1 aromatic heterocycles. The first-order valence-corrected chi connectivity index (χ1v) is 6.53. The molecule has 98 valence electrons. The first kappa shape index (κ1) is 12.2. The zero-order chi connectivity index (χ0) is 13.2. The molecule has 0 unspecified atom stereocenters. The summed E-state index contributed by atoms with van der Waals surface area (Å²) in [4.78, 5) is 14.2. The van der Waals surface area contributed by atoms with Crippen molar-refractivity contribution in [3.63, 3.8) is 0 Å². The Morgan fingerprint density at radius 2 is 2.11 bits per heavy atom. The van der Waals surface area contributed by atoms with Crippen molar-refractivity contribution < 1.29 is 4.79 Å². The summed E-state index contributed by atoms with van der Waals surface area (Å²) < 4.78 is 0. The first-order valence-electron chi connectivity index (χ1n) is 6.15. The molecule has 5 nitrogen and oxygen atoms in total. The second-order valence-electron chi connectivity index (χ2n) is 4.65. The minimum absolute atomic E-state index is 0.0776. The number of aromatic nitrogens is 3. The molecule has 0 atom stereocenters. The van der Waals surface area contributed by atoms with E-state index in [4.69, 9.17) is 11.6 Å². The average Bonchev–Trinajstić information content (AvgIpc) is 3.11. The van der Waals surface area contributed by atoms with E-state index in [1.165, 1.54) is 6.20 Å². The summed E-state index contributed by atoms with van der Waals surface area (Å²) in [7, 11) is 0. The molecule has 1 fully saturated rings. The molecule has 1 amide bonds. The molecule has 19 heavy (non-hydrogen) atoms. The molecule has 0 radical (unpaired) electrons. The molecule has 1 aromatic carbocycles. The van der Waals surface area contributed by atoms with Crippen molar-refractivity contribution in [3.8, 4) is 0 Å². The highest BCUT2D eigenvalue weighted by Crippen LogP contribution is 2.29. The molecule has 1 aliphatic carbocycles. The van der Waals surface area contributed by atoms with E-state index in [1.807, 2.05) is 29.2 Å². The number of aromatic amines is 1. The number of nitrogens with zero attached hydrogens (tertiary/aromatic N) is 3. The van der Waals surface area contributed by atoms with Gasteiger partial charge in [0, 0.05) is 17.6 Å². The van der Waals surface area contributed by atoms with Gasteiger partial charge < -0.3 is 4.90 Å². The van der Waals surface area contributed by atoms with Crippen molar-refractivity contribution >= 4 is 17.5 Å². The molecule has 1 heterocycles. The number of nitrogens with one attached hydrogen (secondary N) is 1. The fraction of sp³-hybridized carbons (Fsp3) is 0.308. The molecule has 1 N–H and O–H groups in total. The number of halogens is 1. The molecule has 1 aliphatic rings. The third-order valence-electron chi connectivity index (χ3n) is 3.15. The topological polar surface area (TPSA) is 61.9 Å². The van der Waals surface area contributed by atoms with Crippen LogP contribution in [0.25, 0.3) is 0 Å². The van der Waals surface area contributed by atoms with Crippen molar-refractivity contribution in [1.29, 1.82) is 0 Å². The van der Waals surface area contributed by atoms with Crippen molar-refractivity contribution in [2.24, 2.45) is 0 Å². The summed E-state index contributed by atoms with van der Waals surface area (Å²) in [5.74, 6) is -0.0776. The lowest BCUT2D eigenvalue weighted by Crippen LogP contribution is -2.32. The van der Waals surface area contributed by atoms with Crippen LogP contribution in [0.15, 0.2) is 30.5 Å². The second-order valence-corrected chi connectivity index (χ2v) is 5.08. The molecule has 0 spiro atoms. The molecule has 3 rings (SSSR count). The lowest BCUT2D eigenvalue weighted by molar-refractivity contribution is 0.0724. The predicted octanol–water partition coefficient (Wildman–Crippen LogP) is 2.26. The Hall–Kier alpha value is -1.88. The van der Waals surface area contributed by atoms with Gasteiger partial charge in [0.05, 0.1) is 6.20 Å². The van der Waals surface area contributed by atoms with E-state index in [2.05, 4.69) is 15.4 Å². The number of amides is 1. The van der Waals surface area contributed by atoms with Crippen LogP contribution in [0.1, 0.15) is 28.9 Å². The van der Waals surface area contributed by atoms with Crippen LogP contribution in [0.2, 0.25) is 5.02 Å². The Morgan fingerprint density at radius 1 is 1.37 bits per heavy atom. The Balaban J connectivity index is 1.78. The van der Waals surface area contributed by atoms with Crippen LogP contribution < -0.4 is 0 Å². The predicted molar refractivity (Wildman–Crippen MR) is 70.7 cm³/mol. The number of carbonyl (C=O) groups excluding carboxylic acids is 1. The highest BCUT2D eigenvalue weighted by Gasteiger charge is 2.33. The maximum atomic E-state index is 12.3. The summed E-state index contributed by atoms with van der Waals surface area (Å²) in [6.07, 6.45) is 3.56. The highest BCUT2D eigenvalue weighted by molar-refractivity contribution is 6.30. The molecular weight excluding hydrogens is 264 g/mol. The zero-order valence-electron chi connectivity index (χ0n) is 10.2. The van der Waals surface area contributed by atoms with E-state index in [0.717, 1.165) is 18.4 Å². The lowest BCUT2D eigenvalue weighted by atomic mass is 10.2. The average molecular weight is 277 g/mol. The van der Waals surface area contributed by atoms with Gasteiger partial charge in [-0.05, 0) is 30.5 Å². The monoisotopic (exact) mass is 276 g/mol. The van der Waals surface area contributed by atoms with Crippen LogP contribution in [-0.2, 0) is 6.54 Å². The van der Waals surface area contributed by atoms with Crippen molar-refractivity contribution in [2.75, 3.05) is 0 Å². The smallest absolute Gasteiger partial charge is 0.276 e. The minimum atomic E-state index is -0.0776. The van der Waals surface area contributed by atoms with Gasteiger partial charge >= 0.3 is 0 Å². The number of carbonyl (C=O) groups is 1. The lowest BCUT2D eigenvalue weighted by Gasteiger charge is -2.21. The quantitative estimate of drug-likeness (QED) is 0.932. The maximum absolute atomic E-state index is 12.3. The van der Waals surface area contributed by atoms with E-state index in [0.29, 0.717) is 23.3 Å². The van der Waals surface area contributed by atoms with Gasteiger partial charge in [0.2, 0.25) is 0 Å². The summed E-state index contributed by atoms with van der Waals surface area (Å²) in [5.41, 5.74) is 1.43. The van der Waals surface area contributed by atoms with Crippen LogP contribution >= 0.6 is 11.6 Å². The van der Waals surface area contributed by atoms with Gasteiger partial charge in [-0.25, -0.2) is 0 Å². The standard InChI is InChI=1S/C13H13ClN4O/c14-10-3-1-9(2-4-10)8-18(11-5-6-11)13(19)12-7-15-17-16-12/h1-4,7,11H,5-6,8H2,(H,15,16,17). The SMILES string of the molecule is O=C(c1cn[nH]n1)N(Cc1ccc(Cl)cc1)C1CC1. The fourth-order valence-electron chi connectivity index (χ4n) is 1.99. The number of rotatable bonds is 4. The Kier molecular flexibility index (Phi) is 3.21. The van der Waals surface area contributed by atoms with E-state index in [9.17, 15) is 4.79 Å². The van der Waals surface area contributed by atoms with E-state index in [1.54, 1.807) is 0 Å². The molecule has 0 aliphatic heterocycles. The van der Waals surface area contributed by atoms with E-state index >= 15 is 0 Å².